The van der Waals surface area contributed by atoms with E-state index >= 15 is 0 Å². The molecule has 92 valence electrons. The molecule has 0 amide bonds. The van der Waals surface area contributed by atoms with Crippen molar-refractivity contribution >= 4 is 23.2 Å². The summed E-state index contributed by atoms with van der Waals surface area (Å²) in [5.74, 6) is 1.19. The van der Waals surface area contributed by atoms with Crippen LogP contribution in [0.2, 0.25) is 0 Å². The number of hydrogen-bond acceptors (Lipinski definition) is 2. The summed E-state index contributed by atoms with van der Waals surface area (Å²) in [6.45, 7) is 2.43. The van der Waals surface area contributed by atoms with Gasteiger partial charge in [0.25, 0.3) is 0 Å². The molecular formula is C13H16Cl2N2. The fraction of sp³-hybridized carbons (Fsp3) is 0.462. The summed E-state index contributed by atoms with van der Waals surface area (Å²) < 4.78 is 0. The van der Waals surface area contributed by atoms with Gasteiger partial charge in [0.15, 0.2) is 0 Å². The number of halogens is 2. The lowest BCUT2D eigenvalue weighted by atomic mass is 10.0. The van der Waals surface area contributed by atoms with Gasteiger partial charge in [-0.05, 0) is 11.1 Å². The van der Waals surface area contributed by atoms with Crippen molar-refractivity contribution in [2.24, 2.45) is 0 Å². The highest BCUT2D eigenvalue weighted by molar-refractivity contribution is 6.18. The maximum absolute atomic E-state index is 8.78. The molecule has 0 radical (unpaired) electrons. The smallest absolute Gasteiger partial charge is 0.0669 e. The summed E-state index contributed by atoms with van der Waals surface area (Å²) >= 11 is 11.5. The Kier molecular flexibility index (Phi) is 7.04. The van der Waals surface area contributed by atoms with E-state index in [1.54, 1.807) is 0 Å². The second kappa shape index (κ2) is 8.36. The van der Waals surface area contributed by atoms with E-state index in [-0.39, 0.29) is 0 Å². The molecule has 0 heterocycles. The number of hydrogen-bond donors (Lipinski definition) is 0. The maximum Gasteiger partial charge on any atom is 0.0669 e. The van der Waals surface area contributed by atoms with Crippen molar-refractivity contribution in [3.05, 3.63) is 35.4 Å². The van der Waals surface area contributed by atoms with Crippen LogP contribution in [0.1, 0.15) is 11.1 Å². The Morgan fingerprint density at radius 2 is 1.65 bits per heavy atom. The number of nitriles is 1. The number of alkyl halides is 2. The summed E-state index contributed by atoms with van der Waals surface area (Å²) in [5, 5.41) is 8.78. The van der Waals surface area contributed by atoms with Crippen LogP contribution in [0.3, 0.4) is 0 Å². The normalized spacial score (nSPS) is 10.5. The first-order chi connectivity index (χ1) is 8.31. The second-order valence-corrected chi connectivity index (χ2v) is 4.51. The van der Waals surface area contributed by atoms with Gasteiger partial charge in [-0.15, -0.1) is 23.2 Å². The van der Waals surface area contributed by atoms with Crippen molar-refractivity contribution in [3.63, 3.8) is 0 Å². The molecule has 0 bridgehead atoms. The van der Waals surface area contributed by atoms with Crippen LogP contribution in [0.25, 0.3) is 0 Å². The van der Waals surface area contributed by atoms with Crippen molar-refractivity contribution < 1.29 is 0 Å². The van der Waals surface area contributed by atoms with Crippen LogP contribution in [-0.2, 0) is 13.0 Å². The zero-order valence-electron chi connectivity index (χ0n) is 9.70. The highest BCUT2D eigenvalue weighted by atomic mass is 35.5. The lowest BCUT2D eigenvalue weighted by Gasteiger charge is -2.21. The highest BCUT2D eigenvalue weighted by Crippen LogP contribution is 2.12. The topological polar surface area (TPSA) is 27.0 Å². The molecule has 4 heteroatoms. The van der Waals surface area contributed by atoms with Gasteiger partial charge >= 0.3 is 0 Å². The summed E-state index contributed by atoms with van der Waals surface area (Å²) in [5.41, 5.74) is 2.27. The van der Waals surface area contributed by atoms with Crippen LogP contribution in [0, 0.1) is 11.3 Å². The molecule has 0 saturated carbocycles. The Morgan fingerprint density at radius 3 is 2.18 bits per heavy atom. The molecule has 0 atom stereocenters. The van der Waals surface area contributed by atoms with Gasteiger partial charge in [-0.1, -0.05) is 24.3 Å². The average Bonchev–Trinajstić information content (AvgIpc) is 2.33. The van der Waals surface area contributed by atoms with Gasteiger partial charge < -0.3 is 0 Å². The van der Waals surface area contributed by atoms with Crippen molar-refractivity contribution in [2.45, 2.75) is 13.0 Å². The first-order valence-electron chi connectivity index (χ1n) is 5.59. The molecule has 0 fully saturated rings. The highest BCUT2D eigenvalue weighted by Gasteiger charge is 2.07. The molecule has 17 heavy (non-hydrogen) atoms. The third-order valence-electron chi connectivity index (χ3n) is 2.58. The summed E-state index contributed by atoms with van der Waals surface area (Å²) in [4.78, 5) is 2.20. The zero-order valence-corrected chi connectivity index (χ0v) is 11.2. The van der Waals surface area contributed by atoms with Gasteiger partial charge in [0.05, 0.1) is 12.5 Å². The van der Waals surface area contributed by atoms with Gasteiger partial charge in [0.2, 0.25) is 0 Å². The second-order valence-electron chi connectivity index (χ2n) is 3.76. The minimum atomic E-state index is 0.450. The minimum absolute atomic E-state index is 0.450. The van der Waals surface area contributed by atoms with E-state index in [2.05, 4.69) is 17.0 Å². The van der Waals surface area contributed by atoms with Crippen molar-refractivity contribution in [1.82, 2.24) is 4.90 Å². The number of nitrogens with zero attached hydrogens (tertiary/aromatic N) is 2. The Hall–Kier alpha value is -0.750. The maximum atomic E-state index is 8.78. The van der Waals surface area contributed by atoms with Crippen LogP contribution in [0.4, 0.5) is 0 Å². The average molecular weight is 271 g/mol. The van der Waals surface area contributed by atoms with Gasteiger partial charge in [0, 0.05) is 31.4 Å². The van der Waals surface area contributed by atoms with Gasteiger partial charge in [-0.25, -0.2) is 0 Å². The standard InChI is InChI=1S/C13H16Cl2N2/c14-6-9-17(10-7-15)11-13-4-2-1-3-12(13)5-8-16/h1-4H,5-7,9-11H2. The molecule has 0 aliphatic heterocycles. The Balaban J connectivity index is 2.74. The lowest BCUT2D eigenvalue weighted by Crippen LogP contribution is -2.27. The van der Waals surface area contributed by atoms with Crippen LogP contribution in [0.15, 0.2) is 24.3 Å². The first-order valence-corrected chi connectivity index (χ1v) is 6.66. The van der Waals surface area contributed by atoms with Crippen LogP contribution < -0.4 is 0 Å². The lowest BCUT2D eigenvalue weighted by molar-refractivity contribution is 0.298. The molecule has 0 aliphatic rings. The van der Waals surface area contributed by atoms with Gasteiger partial charge in [-0.3, -0.25) is 4.90 Å². The Bertz CT molecular complexity index is 368. The van der Waals surface area contributed by atoms with E-state index in [1.807, 2.05) is 18.2 Å². The molecule has 0 aliphatic carbocycles. The molecule has 1 aromatic carbocycles. The molecule has 1 aromatic rings. The summed E-state index contributed by atoms with van der Waals surface area (Å²) in [7, 11) is 0. The first kappa shape index (κ1) is 14.3. The monoisotopic (exact) mass is 270 g/mol. The molecule has 1 rings (SSSR count). The fourth-order valence-electron chi connectivity index (χ4n) is 1.72. The molecular weight excluding hydrogens is 255 g/mol. The van der Waals surface area contributed by atoms with Crippen molar-refractivity contribution in [2.75, 3.05) is 24.8 Å². The number of benzene rings is 1. The minimum Gasteiger partial charge on any atom is -0.297 e. The molecule has 0 saturated heterocycles. The van der Waals surface area contributed by atoms with Crippen molar-refractivity contribution in [3.8, 4) is 6.07 Å². The van der Waals surface area contributed by atoms with Gasteiger partial charge in [0.1, 0.15) is 0 Å². The predicted molar refractivity (Wildman–Crippen MR) is 72.5 cm³/mol. The summed E-state index contributed by atoms with van der Waals surface area (Å²) in [6.07, 6.45) is 0.450. The SMILES string of the molecule is N#CCc1ccccc1CN(CCCl)CCCl. The Morgan fingerprint density at radius 1 is 1.06 bits per heavy atom. The molecule has 0 spiro atoms. The van der Waals surface area contributed by atoms with Crippen LogP contribution in [0.5, 0.6) is 0 Å². The third-order valence-corrected chi connectivity index (χ3v) is 2.92. The van der Waals surface area contributed by atoms with Gasteiger partial charge in [-0.2, -0.15) is 5.26 Å². The van der Waals surface area contributed by atoms with Crippen LogP contribution >= 0.6 is 23.2 Å². The molecule has 0 aromatic heterocycles. The van der Waals surface area contributed by atoms with E-state index in [0.29, 0.717) is 18.2 Å². The van der Waals surface area contributed by atoms with E-state index in [1.165, 1.54) is 5.56 Å². The number of rotatable bonds is 7. The van der Waals surface area contributed by atoms with Crippen molar-refractivity contribution in [1.29, 1.82) is 5.26 Å². The summed E-state index contributed by atoms with van der Waals surface area (Å²) in [6, 6.07) is 10.2. The van der Waals surface area contributed by atoms with E-state index in [4.69, 9.17) is 28.5 Å². The zero-order chi connectivity index (χ0) is 12.5. The largest absolute Gasteiger partial charge is 0.297 e. The molecule has 2 nitrogen and oxygen atoms in total. The van der Waals surface area contributed by atoms with Crippen LogP contribution in [-0.4, -0.2) is 29.7 Å². The van der Waals surface area contributed by atoms with E-state index in [9.17, 15) is 0 Å². The Labute approximate surface area is 113 Å². The quantitative estimate of drug-likeness (QED) is 0.713. The third kappa shape index (κ3) is 4.95. The van der Waals surface area contributed by atoms with E-state index < -0.39 is 0 Å². The molecule has 0 N–H and O–H groups in total. The predicted octanol–water partition coefficient (Wildman–Crippen LogP) is 3.03. The van der Waals surface area contributed by atoms with E-state index in [0.717, 1.165) is 25.2 Å². The molecule has 0 unspecified atom stereocenters. The fourth-order valence-corrected chi connectivity index (χ4v) is 2.20.